The summed E-state index contributed by atoms with van der Waals surface area (Å²) in [6, 6.07) is 13.0. The maximum atomic E-state index is 10.9. The second-order valence-corrected chi connectivity index (χ2v) is 5.26. The molecule has 0 aliphatic carbocycles. The predicted octanol–water partition coefficient (Wildman–Crippen LogP) is 4.56. The second kappa shape index (κ2) is 6.64. The van der Waals surface area contributed by atoms with Crippen LogP contribution in [-0.4, -0.2) is 5.91 Å². The molecule has 3 nitrogen and oxygen atoms in total. The van der Waals surface area contributed by atoms with Crippen molar-refractivity contribution in [2.24, 2.45) is 0 Å². The number of carbonyl (C=O) groups excluding carboxylic acids is 1. The molecule has 0 saturated carbocycles. The van der Waals surface area contributed by atoms with Crippen molar-refractivity contribution in [3.8, 4) is 0 Å². The van der Waals surface area contributed by atoms with Gasteiger partial charge < -0.3 is 10.6 Å². The van der Waals surface area contributed by atoms with Crippen molar-refractivity contribution in [2.45, 2.75) is 13.5 Å². The van der Waals surface area contributed by atoms with Crippen molar-refractivity contribution in [1.82, 2.24) is 0 Å². The molecule has 5 heteroatoms. The van der Waals surface area contributed by atoms with E-state index in [0.29, 0.717) is 16.6 Å². The van der Waals surface area contributed by atoms with Gasteiger partial charge in [0.15, 0.2) is 0 Å². The Kier molecular flexibility index (Phi) is 4.88. The van der Waals surface area contributed by atoms with E-state index >= 15 is 0 Å². The second-order valence-electron chi connectivity index (χ2n) is 4.39. The highest BCUT2D eigenvalue weighted by Crippen LogP contribution is 2.23. The SMILES string of the molecule is CC(=O)Nc1ccc(CNc2cc(Cl)cc(Cl)c2)cc1. The van der Waals surface area contributed by atoms with Gasteiger partial charge in [-0.1, -0.05) is 35.3 Å². The zero-order chi connectivity index (χ0) is 14.5. The fourth-order valence-corrected chi connectivity index (χ4v) is 2.30. The Morgan fingerprint density at radius 3 is 2.15 bits per heavy atom. The highest BCUT2D eigenvalue weighted by Gasteiger charge is 1.99. The van der Waals surface area contributed by atoms with Crippen LogP contribution in [0, 0.1) is 0 Å². The van der Waals surface area contributed by atoms with E-state index in [1.54, 1.807) is 6.07 Å². The molecular formula is C15H14Cl2N2O. The summed E-state index contributed by atoms with van der Waals surface area (Å²) in [5.74, 6) is -0.0792. The van der Waals surface area contributed by atoms with E-state index in [2.05, 4.69) is 10.6 Å². The lowest BCUT2D eigenvalue weighted by Gasteiger charge is -2.08. The number of carbonyl (C=O) groups is 1. The summed E-state index contributed by atoms with van der Waals surface area (Å²) in [7, 11) is 0. The van der Waals surface area contributed by atoms with Crippen molar-refractivity contribution in [3.63, 3.8) is 0 Å². The Labute approximate surface area is 127 Å². The zero-order valence-corrected chi connectivity index (χ0v) is 12.4. The third-order valence-corrected chi connectivity index (χ3v) is 3.07. The maximum Gasteiger partial charge on any atom is 0.221 e. The highest BCUT2D eigenvalue weighted by molar-refractivity contribution is 6.35. The Bertz CT molecular complexity index is 592. The molecule has 0 aromatic heterocycles. The predicted molar refractivity (Wildman–Crippen MR) is 84.5 cm³/mol. The summed E-state index contributed by atoms with van der Waals surface area (Å²) in [4.78, 5) is 10.9. The summed E-state index contributed by atoms with van der Waals surface area (Å²) in [5.41, 5.74) is 2.75. The highest BCUT2D eigenvalue weighted by atomic mass is 35.5. The van der Waals surface area contributed by atoms with Crippen molar-refractivity contribution in [3.05, 3.63) is 58.1 Å². The van der Waals surface area contributed by atoms with Crippen LogP contribution >= 0.6 is 23.2 Å². The molecule has 0 unspecified atom stereocenters. The normalized spacial score (nSPS) is 10.2. The zero-order valence-electron chi connectivity index (χ0n) is 10.9. The monoisotopic (exact) mass is 308 g/mol. The van der Waals surface area contributed by atoms with E-state index in [0.717, 1.165) is 16.9 Å². The minimum Gasteiger partial charge on any atom is -0.381 e. The Morgan fingerprint density at radius 2 is 1.60 bits per heavy atom. The third kappa shape index (κ3) is 4.44. The van der Waals surface area contributed by atoms with Gasteiger partial charge in [-0.2, -0.15) is 0 Å². The fraction of sp³-hybridized carbons (Fsp3) is 0.133. The average molecular weight is 309 g/mol. The molecule has 0 fully saturated rings. The Morgan fingerprint density at radius 1 is 1.00 bits per heavy atom. The minimum atomic E-state index is -0.0792. The largest absolute Gasteiger partial charge is 0.381 e. The molecule has 0 atom stereocenters. The lowest BCUT2D eigenvalue weighted by Crippen LogP contribution is -2.06. The number of halogens is 2. The minimum absolute atomic E-state index is 0.0792. The lowest BCUT2D eigenvalue weighted by atomic mass is 10.2. The molecule has 0 aliphatic heterocycles. The van der Waals surface area contributed by atoms with Gasteiger partial charge in [0.05, 0.1) is 0 Å². The van der Waals surface area contributed by atoms with Crippen molar-refractivity contribution >= 4 is 40.5 Å². The number of hydrogen-bond acceptors (Lipinski definition) is 2. The van der Waals surface area contributed by atoms with Crippen molar-refractivity contribution in [2.75, 3.05) is 10.6 Å². The number of amides is 1. The van der Waals surface area contributed by atoms with Gasteiger partial charge in [-0.05, 0) is 35.9 Å². The molecule has 0 radical (unpaired) electrons. The third-order valence-electron chi connectivity index (χ3n) is 2.63. The van der Waals surface area contributed by atoms with Crippen LogP contribution in [0.15, 0.2) is 42.5 Å². The fourth-order valence-electron chi connectivity index (χ4n) is 1.77. The summed E-state index contributed by atoms with van der Waals surface area (Å²) in [5, 5.41) is 7.17. The van der Waals surface area contributed by atoms with E-state index in [-0.39, 0.29) is 5.91 Å². The van der Waals surface area contributed by atoms with Crippen LogP contribution in [0.2, 0.25) is 10.0 Å². The number of anilines is 2. The molecule has 0 heterocycles. The van der Waals surface area contributed by atoms with Gasteiger partial charge in [-0.15, -0.1) is 0 Å². The first kappa shape index (κ1) is 14.7. The quantitative estimate of drug-likeness (QED) is 0.869. The molecule has 104 valence electrons. The van der Waals surface area contributed by atoms with Crippen LogP contribution in [0.1, 0.15) is 12.5 Å². The first-order valence-corrected chi connectivity index (χ1v) is 6.85. The van der Waals surface area contributed by atoms with Gasteiger partial charge in [0, 0.05) is 34.9 Å². The number of hydrogen-bond donors (Lipinski definition) is 2. The van der Waals surface area contributed by atoms with Gasteiger partial charge in [0.2, 0.25) is 5.91 Å². The summed E-state index contributed by atoms with van der Waals surface area (Å²) in [6.07, 6.45) is 0. The molecule has 0 spiro atoms. The van der Waals surface area contributed by atoms with E-state index in [1.807, 2.05) is 36.4 Å². The molecule has 20 heavy (non-hydrogen) atoms. The van der Waals surface area contributed by atoms with Crippen LogP contribution in [0.4, 0.5) is 11.4 Å². The van der Waals surface area contributed by atoms with E-state index < -0.39 is 0 Å². The molecule has 2 N–H and O–H groups in total. The first-order valence-electron chi connectivity index (χ1n) is 6.09. The van der Waals surface area contributed by atoms with E-state index in [4.69, 9.17) is 23.2 Å². The first-order chi connectivity index (χ1) is 9.52. The number of nitrogens with one attached hydrogen (secondary N) is 2. The van der Waals surface area contributed by atoms with Crippen molar-refractivity contribution in [1.29, 1.82) is 0 Å². The molecular weight excluding hydrogens is 295 g/mol. The van der Waals surface area contributed by atoms with Gasteiger partial charge in [0.25, 0.3) is 0 Å². The van der Waals surface area contributed by atoms with Crippen LogP contribution in [-0.2, 0) is 11.3 Å². The number of rotatable bonds is 4. The van der Waals surface area contributed by atoms with Crippen LogP contribution in [0.25, 0.3) is 0 Å². The van der Waals surface area contributed by atoms with Gasteiger partial charge in [0.1, 0.15) is 0 Å². The Hall–Kier alpha value is -1.71. The van der Waals surface area contributed by atoms with Crippen LogP contribution in [0.5, 0.6) is 0 Å². The number of benzene rings is 2. The molecule has 0 saturated heterocycles. The average Bonchev–Trinajstić information content (AvgIpc) is 2.36. The van der Waals surface area contributed by atoms with Gasteiger partial charge in [-0.25, -0.2) is 0 Å². The van der Waals surface area contributed by atoms with E-state index in [1.165, 1.54) is 6.92 Å². The molecule has 2 aromatic carbocycles. The summed E-state index contributed by atoms with van der Waals surface area (Å²) >= 11 is 11.9. The molecule has 2 rings (SSSR count). The van der Waals surface area contributed by atoms with Gasteiger partial charge >= 0.3 is 0 Å². The lowest BCUT2D eigenvalue weighted by molar-refractivity contribution is -0.114. The van der Waals surface area contributed by atoms with Crippen molar-refractivity contribution < 1.29 is 4.79 Å². The molecule has 1 amide bonds. The van der Waals surface area contributed by atoms with Gasteiger partial charge in [-0.3, -0.25) is 4.79 Å². The molecule has 0 bridgehead atoms. The topological polar surface area (TPSA) is 41.1 Å². The standard InChI is InChI=1S/C15H14Cl2N2O/c1-10(20)19-14-4-2-11(3-5-14)9-18-15-7-12(16)6-13(17)8-15/h2-8,18H,9H2,1H3,(H,19,20). The summed E-state index contributed by atoms with van der Waals surface area (Å²) < 4.78 is 0. The molecule has 2 aromatic rings. The summed E-state index contributed by atoms with van der Waals surface area (Å²) in [6.45, 7) is 2.13. The van der Waals surface area contributed by atoms with E-state index in [9.17, 15) is 4.79 Å². The maximum absolute atomic E-state index is 10.9. The van der Waals surface area contributed by atoms with Crippen LogP contribution in [0.3, 0.4) is 0 Å². The molecule has 0 aliphatic rings. The van der Waals surface area contributed by atoms with Crippen LogP contribution < -0.4 is 10.6 Å². The smallest absolute Gasteiger partial charge is 0.221 e. The Balaban J connectivity index is 1.98.